The summed E-state index contributed by atoms with van der Waals surface area (Å²) in [7, 11) is 3.35. The predicted molar refractivity (Wildman–Crippen MR) is 106 cm³/mol. The van der Waals surface area contributed by atoms with Gasteiger partial charge in [0.1, 0.15) is 5.75 Å². The topological polar surface area (TPSA) is 44.9 Å². The van der Waals surface area contributed by atoms with Gasteiger partial charge in [-0.3, -0.25) is 0 Å². The summed E-state index contributed by atoms with van der Waals surface area (Å²) in [4.78, 5) is 2.21. The largest absolute Gasteiger partial charge is 0.497 e. The fourth-order valence-corrected chi connectivity index (χ4v) is 4.25. The molecule has 0 fully saturated rings. The van der Waals surface area contributed by atoms with Gasteiger partial charge in [-0.25, -0.2) is 9.48 Å². The van der Waals surface area contributed by atoms with Gasteiger partial charge in [0.05, 0.1) is 20.8 Å². The molecule has 2 aliphatic heterocycles. The normalized spacial score (nSPS) is 22.4. The summed E-state index contributed by atoms with van der Waals surface area (Å²) < 4.78 is 13.3. The summed E-state index contributed by atoms with van der Waals surface area (Å²) in [6.07, 6.45) is 4.32. The van der Waals surface area contributed by atoms with Crippen molar-refractivity contribution in [3.63, 3.8) is 0 Å². The van der Waals surface area contributed by atoms with Gasteiger partial charge in [0, 0.05) is 18.1 Å². The molecule has 2 heterocycles. The minimum absolute atomic E-state index is 0.468. The van der Waals surface area contributed by atoms with Crippen LogP contribution in [0, 0.1) is 0 Å². The Bertz CT molecular complexity index is 850. The van der Waals surface area contributed by atoms with Gasteiger partial charge in [-0.05, 0) is 31.4 Å². The molecule has 2 aromatic rings. The Labute approximate surface area is 160 Å². The SMILES string of the molecule is COc1ccc(OC)c(N2C[C@](O)(c3ccccc3)[N+]3=C2CCCCC3)c1. The maximum absolute atomic E-state index is 11.8. The Hall–Kier alpha value is -2.53. The molecule has 0 aliphatic carbocycles. The molecule has 0 radical (unpaired) electrons. The standard InChI is InChI=1S/C22H27N2O3/c1-26-18-12-13-20(27-2)19(15-18)23-16-22(25,17-9-5-3-6-10-17)24-14-8-4-7-11-21(23)24/h3,5-6,9-10,12-13,15,25H,4,7-8,11,14,16H2,1-2H3/q+1/t22-/m0/s1. The molecular formula is C22H27N2O3+. The van der Waals surface area contributed by atoms with Gasteiger partial charge in [-0.15, -0.1) is 0 Å². The molecule has 0 bridgehead atoms. The van der Waals surface area contributed by atoms with E-state index in [0.29, 0.717) is 6.54 Å². The van der Waals surface area contributed by atoms with Crippen molar-refractivity contribution in [3.8, 4) is 11.5 Å². The van der Waals surface area contributed by atoms with E-state index in [4.69, 9.17) is 9.47 Å². The van der Waals surface area contributed by atoms with Gasteiger partial charge in [-0.1, -0.05) is 30.3 Å². The molecule has 1 atom stereocenters. The van der Waals surface area contributed by atoms with Crippen LogP contribution in [0.2, 0.25) is 0 Å². The average Bonchev–Trinajstić information content (AvgIpc) is 2.87. The second-order valence-corrected chi connectivity index (χ2v) is 7.19. The molecule has 0 saturated carbocycles. The molecule has 2 aromatic carbocycles. The number of rotatable bonds is 4. The van der Waals surface area contributed by atoms with Crippen LogP contribution >= 0.6 is 0 Å². The van der Waals surface area contributed by atoms with Gasteiger partial charge >= 0.3 is 0 Å². The van der Waals surface area contributed by atoms with Crippen molar-refractivity contribution >= 4 is 11.5 Å². The molecule has 1 N–H and O–H groups in total. The highest BCUT2D eigenvalue weighted by molar-refractivity contribution is 5.97. The first kappa shape index (κ1) is 17.9. The number of hydrogen-bond donors (Lipinski definition) is 1. The Balaban J connectivity index is 1.85. The highest BCUT2D eigenvalue weighted by atomic mass is 16.5. The van der Waals surface area contributed by atoms with Gasteiger partial charge < -0.3 is 14.6 Å². The number of nitrogens with zero attached hydrogens (tertiary/aromatic N) is 2. The summed E-state index contributed by atoms with van der Waals surface area (Å²) in [5, 5.41) is 11.8. The van der Waals surface area contributed by atoms with Crippen LogP contribution in [0.5, 0.6) is 11.5 Å². The van der Waals surface area contributed by atoms with Crippen LogP contribution in [-0.2, 0) is 5.72 Å². The molecule has 0 spiro atoms. The zero-order chi connectivity index (χ0) is 18.9. The van der Waals surface area contributed by atoms with Crippen molar-refractivity contribution in [1.29, 1.82) is 0 Å². The lowest BCUT2D eigenvalue weighted by molar-refractivity contribution is -0.658. The average molecular weight is 367 g/mol. The summed E-state index contributed by atoms with van der Waals surface area (Å²) >= 11 is 0. The van der Waals surface area contributed by atoms with Crippen LogP contribution < -0.4 is 14.4 Å². The minimum atomic E-state index is -1.05. The maximum Gasteiger partial charge on any atom is 0.271 e. The number of methoxy groups -OCH3 is 2. The van der Waals surface area contributed by atoms with Crippen LogP contribution in [0.1, 0.15) is 31.2 Å². The Morgan fingerprint density at radius 1 is 1.00 bits per heavy atom. The van der Waals surface area contributed by atoms with Crippen molar-refractivity contribution in [2.75, 3.05) is 32.2 Å². The first-order chi connectivity index (χ1) is 13.2. The molecule has 142 valence electrons. The van der Waals surface area contributed by atoms with Crippen molar-refractivity contribution in [2.24, 2.45) is 0 Å². The van der Waals surface area contributed by atoms with E-state index in [-0.39, 0.29) is 0 Å². The fraction of sp³-hybridized carbons (Fsp3) is 0.409. The number of anilines is 1. The third-order valence-corrected chi connectivity index (χ3v) is 5.64. The molecule has 0 unspecified atom stereocenters. The van der Waals surface area contributed by atoms with E-state index in [1.807, 2.05) is 48.5 Å². The quantitative estimate of drug-likeness (QED) is 0.842. The Morgan fingerprint density at radius 2 is 1.81 bits per heavy atom. The van der Waals surface area contributed by atoms with E-state index in [2.05, 4.69) is 9.48 Å². The minimum Gasteiger partial charge on any atom is -0.497 e. The van der Waals surface area contributed by atoms with Gasteiger partial charge in [0.15, 0.2) is 18.0 Å². The second-order valence-electron chi connectivity index (χ2n) is 7.19. The molecule has 0 amide bonds. The van der Waals surface area contributed by atoms with Crippen molar-refractivity contribution < 1.29 is 19.2 Å². The third kappa shape index (κ3) is 3.06. The van der Waals surface area contributed by atoms with Crippen molar-refractivity contribution in [1.82, 2.24) is 0 Å². The zero-order valence-corrected chi connectivity index (χ0v) is 16.0. The number of ether oxygens (including phenoxy) is 2. The molecule has 4 rings (SSSR count). The molecule has 27 heavy (non-hydrogen) atoms. The monoisotopic (exact) mass is 367 g/mol. The molecule has 0 saturated heterocycles. The van der Waals surface area contributed by atoms with Crippen molar-refractivity contribution in [2.45, 2.75) is 31.4 Å². The van der Waals surface area contributed by atoms with Crippen LogP contribution in [0.4, 0.5) is 5.69 Å². The van der Waals surface area contributed by atoms with Crippen LogP contribution in [0.25, 0.3) is 0 Å². The predicted octanol–water partition coefficient (Wildman–Crippen LogP) is 3.35. The lowest BCUT2D eigenvalue weighted by atomic mass is 10.0. The highest BCUT2D eigenvalue weighted by Gasteiger charge is 2.52. The molecule has 5 heteroatoms. The number of benzene rings is 2. The Kier molecular flexibility index (Phi) is 4.79. The molecule has 5 nitrogen and oxygen atoms in total. The lowest BCUT2D eigenvalue weighted by Crippen LogP contribution is -2.41. The van der Waals surface area contributed by atoms with E-state index in [0.717, 1.165) is 54.4 Å². The molecule has 0 aromatic heterocycles. The molecule has 2 aliphatic rings. The van der Waals surface area contributed by atoms with E-state index in [1.54, 1.807) is 14.2 Å². The molecular weight excluding hydrogens is 340 g/mol. The van der Waals surface area contributed by atoms with Gasteiger partial charge in [0.25, 0.3) is 11.6 Å². The Morgan fingerprint density at radius 3 is 2.56 bits per heavy atom. The fourth-order valence-electron chi connectivity index (χ4n) is 4.25. The van der Waals surface area contributed by atoms with E-state index in [9.17, 15) is 5.11 Å². The second kappa shape index (κ2) is 7.24. The first-order valence-electron chi connectivity index (χ1n) is 9.58. The first-order valence-corrected chi connectivity index (χ1v) is 9.58. The van der Waals surface area contributed by atoms with E-state index < -0.39 is 5.72 Å². The maximum atomic E-state index is 11.8. The zero-order valence-electron chi connectivity index (χ0n) is 16.0. The van der Waals surface area contributed by atoms with E-state index >= 15 is 0 Å². The number of hydrogen-bond acceptors (Lipinski definition) is 4. The van der Waals surface area contributed by atoms with Crippen LogP contribution in [0.3, 0.4) is 0 Å². The van der Waals surface area contributed by atoms with Crippen LogP contribution in [-0.4, -0.2) is 42.8 Å². The van der Waals surface area contributed by atoms with E-state index in [1.165, 1.54) is 6.42 Å². The summed E-state index contributed by atoms with van der Waals surface area (Å²) in [6.45, 7) is 1.32. The smallest absolute Gasteiger partial charge is 0.271 e. The summed E-state index contributed by atoms with van der Waals surface area (Å²) in [5.41, 5.74) is 0.814. The summed E-state index contributed by atoms with van der Waals surface area (Å²) in [6, 6.07) is 15.8. The third-order valence-electron chi connectivity index (χ3n) is 5.64. The van der Waals surface area contributed by atoms with Crippen LogP contribution in [0.15, 0.2) is 48.5 Å². The lowest BCUT2D eigenvalue weighted by Gasteiger charge is -2.23. The number of amidine groups is 1. The van der Waals surface area contributed by atoms with Gasteiger partial charge in [0.2, 0.25) is 0 Å². The number of aliphatic hydroxyl groups is 1. The van der Waals surface area contributed by atoms with Crippen molar-refractivity contribution in [3.05, 3.63) is 54.1 Å². The highest BCUT2D eigenvalue weighted by Crippen LogP contribution is 2.40. The summed E-state index contributed by atoms with van der Waals surface area (Å²) in [5.74, 6) is 2.72. The number of β-amino-alcohol motifs (C(OH)–C–C–N with tert-alkyl or cyclic N) is 1. The van der Waals surface area contributed by atoms with Gasteiger partial charge in [-0.2, -0.15) is 0 Å².